The number of nitrogens with one attached hydrogen (secondary N) is 1. The summed E-state index contributed by atoms with van der Waals surface area (Å²) in [5.41, 5.74) is 13.7. The Kier molecular flexibility index (Phi) is 4.31. The van der Waals surface area contributed by atoms with E-state index in [0.29, 0.717) is 34.8 Å². The van der Waals surface area contributed by atoms with E-state index in [1.807, 2.05) is 35.8 Å². The highest BCUT2D eigenvalue weighted by Crippen LogP contribution is 2.26. The van der Waals surface area contributed by atoms with Crippen molar-refractivity contribution in [2.45, 2.75) is 13.5 Å². The number of nitriles is 1. The number of aryl methyl sites for hydroxylation is 1. The molecule has 0 aliphatic rings. The molecule has 4 aromatic rings. The number of hydrazine groups is 1. The largest absolute Gasteiger partial charge is 0.399 e. The summed E-state index contributed by atoms with van der Waals surface area (Å²) in [5.74, 6) is 5.80. The maximum absolute atomic E-state index is 9.13. The molecule has 28 heavy (non-hydrogen) atoms. The lowest BCUT2D eigenvalue weighted by Gasteiger charge is -2.09. The fourth-order valence-electron chi connectivity index (χ4n) is 2.96. The molecule has 5 N–H and O–H groups in total. The molecule has 4 rings (SSSR count). The number of aromatic nitrogens is 5. The SMILES string of the molecule is Cc1cc(Cn2cnc3c(-c4cccc(C#N)n4)nc(NN)nc32)ccc1N. The number of nitrogens with two attached hydrogens (primary N) is 2. The molecule has 0 saturated carbocycles. The van der Waals surface area contributed by atoms with Crippen LogP contribution in [0.5, 0.6) is 0 Å². The predicted octanol–water partition coefficient (Wildman–Crippen LogP) is 1.98. The third-order valence-corrected chi connectivity index (χ3v) is 4.39. The first kappa shape index (κ1) is 17.4. The number of imidazole rings is 1. The Balaban J connectivity index is 1.84. The van der Waals surface area contributed by atoms with Crippen LogP contribution in [-0.2, 0) is 6.54 Å². The summed E-state index contributed by atoms with van der Waals surface area (Å²) in [6, 6.07) is 13.1. The van der Waals surface area contributed by atoms with E-state index in [9.17, 15) is 0 Å². The van der Waals surface area contributed by atoms with E-state index in [1.165, 1.54) is 0 Å². The number of fused-ring (bicyclic) bond motifs is 1. The van der Waals surface area contributed by atoms with Crippen LogP contribution >= 0.6 is 0 Å². The maximum atomic E-state index is 9.13. The van der Waals surface area contributed by atoms with Crippen LogP contribution in [0.2, 0.25) is 0 Å². The first-order valence-corrected chi connectivity index (χ1v) is 8.51. The van der Waals surface area contributed by atoms with Gasteiger partial charge in [0.15, 0.2) is 5.65 Å². The van der Waals surface area contributed by atoms with Crippen LogP contribution in [0.25, 0.3) is 22.6 Å². The maximum Gasteiger partial charge on any atom is 0.239 e. The van der Waals surface area contributed by atoms with Crippen LogP contribution < -0.4 is 17.0 Å². The minimum absolute atomic E-state index is 0.238. The molecule has 0 spiro atoms. The summed E-state index contributed by atoms with van der Waals surface area (Å²) in [6.45, 7) is 2.53. The second-order valence-electron chi connectivity index (χ2n) is 6.30. The monoisotopic (exact) mass is 371 g/mol. The number of anilines is 2. The lowest BCUT2D eigenvalue weighted by atomic mass is 10.1. The van der Waals surface area contributed by atoms with Gasteiger partial charge in [0.25, 0.3) is 0 Å². The van der Waals surface area contributed by atoms with Crippen LogP contribution in [0.3, 0.4) is 0 Å². The Morgan fingerprint density at radius 3 is 2.79 bits per heavy atom. The second kappa shape index (κ2) is 6.94. The molecule has 0 aliphatic heterocycles. The Hall–Kier alpha value is -4.03. The van der Waals surface area contributed by atoms with Crippen LogP contribution in [-0.4, -0.2) is 24.5 Å². The summed E-state index contributed by atoms with van der Waals surface area (Å²) in [4.78, 5) is 17.7. The quantitative estimate of drug-likeness (QED) is 0.280. The van der Waals surface area contributed by atoms with Gasteiger partial charge in [-0.1, -0.05) is 18.2 Å². The zero-order valence-electron chi connectivity index (χ0n) is 15.1. The van der Waals surface area contributed by atoms with E-state index in [4.69, 9.17) is 16.8 Å². The molecular formula is C19H17N9. The number of pyridine rings is 1. The average Bonchev–Trinajstić information content (AvgIpc) is 3.12. The van der Waals surface area contributed by atoms with E-state index >= 15 is 0 Å². The van der Waals surface area contributed by atoms with Gasteiger partial charge in [0.2, 0.25) is 5.95 Å². The van der Waals surface area contributed by atoms with Gasteiger partial charge >= 0.3 is 0 Å². The Bertz CT molecular complexity index is 1220. The normalized spacial score (nSPS) is 10.8. The minimum Gasteiger partial charge on any atom is -0.399 e. The van der Waals surface area contributed by atoms with Gasteiger partial charge in [0.05, 0.1) is 18.6 Å². The molecule has 0 saturated heterocycles. The number of hydrogen-bond acceptors (Lipinski definition) is 8. The van der Waals surface area contributed by atoms with Gasteiger partial charge in [0.1, 0.15) is 23.0 Å². The lowest BCUT2D eigenvalue weighted by molar-refractivity contribution is 0.812. The van der Waals surface area contributed by atoms with Gasteiger partial charge in [0, 0.05) is 5.69 Å². The third kappa shape index (κ3) is 3.08. The Labute approximate surface area is 160 Å². The van der Waals surface area contributed by atoms with E-state index in [-0.39, 0.29) is 5.95 Å². The molecule has 3 heterocycles. The number of nitrogen functional groups attached to an aromatic ring is 2. The van der Waals surface area contributed by atoms with E-state index in [1.54, 1.807) is 24.5 Å². The van der Waals surface area contributed by atoms with Crippen molar-refractivity contribution in [1.82, 2.24) is 24.5 Å². The molecule has 138 valence electrons. The highest BCUT2D eigenvalue weighted by atomic mass is 15.3. The molecule has 0 atom stereocenters. The Morgan fingerprint density at radius 1 is 1.18 bits per heavy atom. The molecule has 0 unspecified atom stereocenters. The van der Waals surface area contributed by atoms with Crippen LogP contribution in [0, 0.1) is 18.3 Å². The number of hydrogen-bond donors (Lipinski definition) is 3. The predicted molar refractivity (Wildman–Crippen MR) is 106 cm³/mol. The molecule has 3 aromatic heterocycles. The van der Waals surface area contributed by atoms with Crippen LogP contribution in [0.1, 0.15) is 16.8 Å². The van der Waals surface area contributed by atoms with Crippen molar-refractivity contribution in [3.63, 3.8) is 0 Å². The highest BCUT2D eigenvalue weighted by Gasteiger charge is 2.16. The van der Waals surface area contributed by atoms with Crippen molar-refractivity contribution >= 4 is 22.8 Å². The first-order chi connectivity index (χ1) is 13.6. The summed E-state index contributed by atoms with van der Waals surface area (Å²) in [6.07, 6.45) is 1.70. The van der Waals surface area contributed by atoms with Crippen molar-refractivity contribution in [3.05, 3.63) is 59.5 Å². The molecule has 9 heteroatoms. The first-order valence-electron chi connectivity index (χ1n) is 8.51. The van der Waals surface area contributed by atoms with Crippen molar-refractivity contribution < 1.29 is 0 Å². The molecule has 1 aromatic carbocycles. The van der Waals surface area contributed by atoms with Gasteiger partial charge in [-0.2, -0.15) is 10.2 Å². The third-order valence-electron chi connectivity index (χ3n) is 4.39. The molecule has 0 fully saturated rings. The number of rotatable bonds is 4. The fourth-order valence-corrected chi connectivity index (χ4v) is 2.96. The van der Waals surface area contributed by atoms with E-state index in [0.717, 1.165) is 16.8 Å². The van der Waals surface area contributed by atoms with Crippen molar-refractivity contribution in [1.29, 1.82) is 5.26 Å². The summed E-state index contributed by atoms with van der Waals surface area (Å²) in [5, 5.41) is 9.13. The summed E-state index contributed by atoms with van der Waals surface area (Å²) in [7, 11) is 0. The van der Waals surface area contributed by atoms with Crippen LogP contribution in [0.4, 0.5) is 11.6 Å². The minimum atomic E-state index is 0.238. The molecule has 0 bridgehead atoms. The second-order valence-corrected chi connectivity index (χ2v) is 6.30. The van der Waals surface area contributed by atoms with Crippen molar-refractivity contribution in [2.75, 3.05) is 11.2 Å². The summed E-state index contributed by atoms with van der Waals surface area (Å²) < 4.78 is 1.90. The van der Waals surface area contributed by atoms with Gasteiger partial charge in [-0.3, -0.25) is 5.43 Å². The molecule has 0 radical (unpaired) electrons. The molecule has 0 amide bonds. The smallest absolute Gasteiger partial charge is 0.239 e. The zero-order valence-corrected chi connectivity index (χ0v) is 15.1. The van der Waals surface area contributed by atoms with Gasteiger partial charge in [-0.05, 0) is 36.2 Å². The number of nitrogens with zero attached hydrogens (tertiary/aromatic N) is 6. The van der Waals surface area contributed by atoms with E-state index in [2.05, 4.69) is 25.4 Å². The molecule has 0 aliphatic carbocycles. The van der Waals surface area contributed by atoms with E-state index < -0.39 is 0 Å². The average molecular weight is 371 g/mol. The topological polar surface area (TPSA) is 144 Å². The Morgan fingerprint density at radius 2 is 2.04 bits per heavy atom. The van der Waals surface area contributed by atoms with Gasteiger partial charge in [-0.25, -0.2) is 20.8 Å². The fraction of sp³-hybridized carbons (Fsp3) is 0.105. The standard InChI is InChI=1S/C19H17N9/c1-11-7-12(5-6-14(11)21)9-28-10-23-17-16(25-19(27-22)26-18(17)28)15-4-2-3-13(8-20)24-15/h2-7,10H,9,21-22H2,1H3,(H,25,26,27). The van der Waals surface area contributed by atoms with Gasteiger partial charge in [-0.15, -0.1) is 0 Å². The van der Waals surface area contributed by atoms with Crippen molar-refractivity contribution in [2.24, 2.45) is 5.84 Å². The summed E-state index contributed by atoms with van der Waals surface area (Å²) >= 11 is 0. The zero-order chi connectivity index (χ0) is 19.7. The molecular weight excluding hydrogens is 354 g/mol. The van der Waals surface area contributed by atoms with Crippen LogP contribution in [0.15, 0.2) is 42.7 Å². The number of benzene rings is 1. The van der Waals surface area contributed by atoms with Crippen molar-refractivity contribution in [3.8, 4) is 17.5 Å². The van der Waals surface area contributed by atoms with Gasteiger partial charge < -0.3 is 10.3 Å². The highest BCUT2D eigenvalue weighted by molar-refractivity contribution is 5.87. The lowest BCUT2D eigenvalue weighted by Crippen LogP contribution is -2.12. The molecule has 9 nitrogen and oxygen atoms in total.